The highest BCUT2D eigenvalue weighted by Crippen LogP contribution is 2.26. The summed E-state index contributed by atoms with van der Waals surface area (Å²) < 4.78 is 5.63. The summed E-state index contributed by atoms with van der Waals surface area (Å²) >= 11 is 11.9. The molecule has 0 unspecified atom stereocenters. The van der Waals surface area contributed by atoms with Gasteiger partial charge in [0.05, 0.1) is 0 Å². The third-order valence-corrected chi connectivity index (χ3v) is 5.00. The lowest BCUT2D eigenvalue weighted by Gasteiger charge is -2.11. The zero-order chi connectivity index (χ0) is 23.8. The molecule has 0 aliphatic rings. The second-order valence-corrected chi connectivity index (χ2v) is 7.84. The average Bonchev–Trinajstić information content (AvgIpc) is 2.79. The topological polar surface area (TPSA) is 91.2 Å². The molecular weight excluding hydrogens is 461 g/mol. The number of carbonyl (C=O) groups is 2. The molecule has 0 bridgehead atoms. The van der Waals surface area contributed by atoms with Crippen LogP contribution in [0.1, 0.15) is 11.1 Å². The van der Waals surface area contributed by atoms with Crippen LogP contribution in [0, 0.1) is 18.3 Å². The summed E-state index contributed by atoms with van der Waals surface area (Å²) in [5, 5.41) is 15.9. The average molecular weight is 480 g/mol. The Hall–Kier alpha value is -3.79. The van der Waals surface area contributed by atoms with Crippen LogP contribution in [0.15, 0.2) is 72.3 Å². The molecule has 0 aromatic heterocycles. The van der Waals surface area contributed by atoms with Gasteiger partial charge in [-0.2, -0.15) is 5.26 Å². The monoisotopic (exact) mass is 479 g/mol. The first-order valence-electron chi connectivity index (χ1n) is 9.82. The van der Waals surface area contributed by atoms with Gasteiger partial charge in [-0.1, -0.05) is 41.4 Å². The van der Waals surface area contributed by atoms with E-state index in [-0.39, 0.29) is 18.1 Å². The third-order valence-electron chi connectivity index (χ3n) is 4.52. The van der Waals surface area contributed by atoms with Gasteiger partial charge in [-0.25, -0.2) is 0 Å². The van der Waals surface area contributed by atoms with Gasteiger partial charge in [-0.3, -0.25) is 9.59 Å². The van der Waals surface area contributed by atoms with Crippen molar-refractivity contribution in [3.63, 3.8) is 0 Å². The number of hydrogen-bond acceptors (Lipinski definition) is 4. The van der Waals surface area contributed by atoms with E-state index in [2.05, 4.69) is 10.6 Å². The van der Waals surface area contributed by atoms with Crippen LogP contribution >= 0.6 is 23.2 Å². The van der Waals surface area contributed by atoms with Crippen molar-refractivity contribution < 1.29 is 14.3 Å². The molecule has 166 valence electrons. The Balaban J connectivity index is 1.75. The number of nitrogens with zero attached hydrogens (tertiary/aromatic N) is 1. The molecule has 33 heavy (non-hydrogen) atoms. The van der Waals surface area contributed by atoms with Crippen LogP contribution in [0.2, 0.25) is 10.0 Å². The first-order chi connectivity index (χ1) is 15.9. The molecule has 0 saturated carbocycles. The number of ether oxygens (including phenoxy) is 1. The summed E-state index contributed by atoms with van der Waals surface area (Å²) in [7, 11) is 0. The fourth-order valence-electron chi connectivity index (χ4n) is 2.84. The Bertz CT molecular complexity index is 1250. The number of nitriles is 1. The number of carbonyl (C=O) groups excluding carboxylic acids is 2. The lowest BCUT2D eigenvalue weighted by atomic mass is 10.1. The van der Waals surface area contributed by atoms with Gasteiger partial charge >= 0.3 is 0 Å². The fraction of sp³-hybridized carbons (Fsp3) is 0.0800. The smallest absolute Gasteiger partial charge is 0.266 e. The Labute approximate surface area is 201 Å². The Kier molecular flexibility index (Phi) is 8.09. The SMILES string of the molecule is Cc1ccccc1NC(=O)/C(C#N)=C/c1cc(Cl)ccc1OCC(=O)Nc1ccc(Cl)cc1. The van der Waals surface area contributed by atoms with Crippen molar-refractivity contribution in [2.75, 3.05) is 17.2 Å². The molecule has 0 spiro atoms. The van der Waals surface area contributed by atoms with Gasteiger partial charge in [-0.05, 0) is 67.1 Å². The predicted octanol–water partition coefficient (Wildman–Crippen LogP) is 5.87. The van der Waals surface area contributed by atoms with Crippen LogP contribution in [0.3, 0.4) is 0 Å². The largest absolute Gasteiger partial charge is 0.483 e. The maximum atomic E-state index is 12.6. The van der Waals surface area contributed by atoms with Crippen LogP contribution in [0.4, 0.5) is 11.4 Å². The molecule has 8 heteroatoms. The normalized spacial score (nSPS) is 10.8. The van der Waals surface area contributed by atoms with Crippen molar-refractivity contribution in [3.8, 4) is 11.8 Å². The molecule has 0 aliphatic heterocycles. The van der Waals surface area contributed by atoms with E-state index in [1.54, 1.807) is 54.6 Å². The first-order valence-corrected chi connectivity index (χ1v) is 10.6. The van der Waals surface area contributed by atoms with Crippen molar-refractivity contribution in [3.05, 3.63) is 93.5 Å². The van der Waals surface area contributed by atoms with Crippen molar-refractivity contribution in [2.45, 2.75) is 6.92 Å². The number of amides is 2. The standard InChI is InChI=1S/C25H19Cl2N3O3/c1-16-4-2-3-5-22(16)30-25(32)18(14-28)12-17-13-20(27)8-11-23(17)33-15-24(31)29-21-9-6-19(26)7-10-21/h2-13H,15H2,1H3,(H,29,31)(H,30,32)/b18-12+. The molecule has 0 heterocycles. The Morgan fingerprint density at radius 2 is 1.70 bits per heavy atom. The minimum atomic E-state index is -0.571. The van der Waals surface area contributed by atoms with E-state index in [0.29, 0.717) is 32.7 Å². The maximum Gasteiger partial charge on any atom is 0.266 e. The van der Waals surface area contributed by atoms with E-state index >= 15 is 0 Å². The summed E-state index contributed by atoms with van der Waals surface area (Å²) in [6, 6.07) is 20.5. The van der Waals surface area contributed by atoms with Gasteiger partial charge in [0, 0.05) is 27.0 Å². The lowest BCUT2D eigenvalue weighted by molar-refractivity contribution is -0.118. The molecule has 0 aliphatic carbocycles. The number of aryl methyl sites for hydroxylation is 1. The predicted molar refractivity (Wildman–Crippen MR) is 130 cm³/mol. The molecule has 3 aromatic rings. The molecule has 6 nitrogen and oxygen atoms in total. The zero-order valence-corrected chi connectivity index (χ0v) is 19.1. The van der Waals surface area contributed by atoms with E-state index < -0.39 is 5.91 Å². The number of hydrogen-bond donors (Lipinski definition) is 2. The van der Waals surface area contributed by atoms with Gasteiger partial charge in [-0.15, -0.1) is 0 Å². The third kappa shape index (κ3) is 6.84. The number of benzene rings is 3. The van der Waals surface area contributed by atoms with Crippen molar-refractivity contribution >= 4 is 52.5 Å². The van der Waals surface area contributed by atoms with Crippen molar-refractivity contribution in [1.29, 1.82) is 5.26 Å². The fourth-order valence-corrected chi connectivity index (χ4v) is 3.15. The van der Waals surface area contributed by atoms with Crippen LogP contribution in [0.25, 0.3) is 6.08 Å². The highest BCUT2D eigenvalue weighted by atomic mass is 35.5. The highest BCUT2D eigenvalue weighted by Gasteiger charge is 2.14. The second kappa shape index (κ2) is 11.2. The first kappa shape index (κ1) is 23.9. The molecule has 0 fully saturated rings. The van der Waals surface area contributed by atoms with Crippen LogP contribution in [-0.2, 0) is 9.59 Å². The maximum absolute atomic E-state index is 12.6. The van der Waals surface area contributed by atoms with Gasteiger partial charge in [0.1, 0.15) is 17.4 Å². The van der Waals surface area contributed by atoms with Gasteiger partial charge < -0.3 is 15.4 Å². The zero-order valence-electron chi connectivity index (χ0n) is 17.6. The number of para-hydroxylation sites is 1. The molecular formula is C25H19Cl2N3O3. The van der Waals surface area contributed by atoms with E-state index in [4.69, 9.17) is 27.9 Å². The summed E-state index contributed by atoms with van der Waals surface area (Å²) in [6.07, 6.45) is 1.37. The molecule has 3 aromatic carbocycles. The Morgan fingerprint density at radius 3 is 2.39 bits per heavy atom. The van der Waals surface area contributed by atoms with Gasteiger partial charge in [0.15, 0.2) is 6.61 Å². The van der Waals surface area contributed by atoms with E-state index in [9.17, 15) is 14.9 Å². The molecule has 2 amide bonds. The van der Waals surface area contributed by atoms with Crippen LogP contribution < -0.4 is 15.4 Å². The van der Waals surface area contributed by atoms with Crippen LogP contribution in [0.5, 0.6) is 5.75 Å². The molecule has 0 radical (unpaired) electrons. The number of anilines is 2. The van der Waals surface area contributed by atoms with Crippen molar-refractivity contribution in [1.82, 2.24) is 0 Å². The summed E-state index contributed by atoms with van der Waals surface area (Å²) in [5.74, 6) is -0.666. The summed E-state index contributed by atoms with van der Waals surface area (Å²) in [4.78, 5) is 24.9. The second-order valence-electron chi connectivity index (χ2n) is 6.96. The Morgan fingerprint density at radius 1 is 1.00 bits per heavy atom. The highest BCUT2D eigenvalue weighted by molar-refractivity contribution is 6.31. The molecule has 0 saturated heterocycles. The van der Waals surface area contributed by atoms with E-state index in [1.165, 1.54) is 6.08 Å². The van der Waals surface area contributed by atoms with E-state index in [0.717, 1.165) is 5.56 Å². The molecule has 0 atom stereocenters. The molecule has 2 N–H and O–H groups in total. The lowest BCUT2D eigenvalue weighted by Crippen LogP contribution is -2.20. The number of nitrogens with one attached hydrogen (secondary N) is 2. The minimum Gasteiger partial charge on any atom is -0.483 e. The summed E-state index contributed by atoms with van der Waals surface area (Å²) in [6.45, 7) is 1.56. The quantitative estimate of drug-likeness (QED) is 0.327. The van der Waals surface area contributed by atoms with E-state index in [1.807, 2.05) is 25.1 Å². The summed E-state index contributed by atoms with van der Waals surface area (Å²) in [5.41, 5.74) is 2.28. The van der Waals surface area contributed by atoms with Gasteiger partial charge in [0.2, 0.25) is 0 Å². The number of halogens is 2. The minimum absolute atomic E-state index is 0.143. The van der Waals surface area contributed by atoms with Crippen molar-refractivity contribution in [2.24, 2.45) is 0 Å². The van der Waals surface area contributed by atoms with Crippen LogP contribution in [-0.4, -0.2) is 18.4 Å². The number of rotatable bonds is 7. The molecule has 3 rings (SSSR count). The van der Waals surface area contributed by atoms with Gasteiger partial charge in [0.25, 0.3) is 11.8 Å².